The zero-order valence-electron chi connectivity index (χ0n) is 12.1. The van der Waals surface area contributed by atoms with Crippen molar-refractivity contribution in [2.75, 3.05) is 12.8 Å². The molecule has 4 nitrogen and oxygen atoms in total. The van der Waals surface area contributed by atoms with E-state index in [1.807, 2.05) is 0 Å². The Labute approximate surface area is 119 Å². The molecule has 0 saturated heterocycles. The number of hydrogen-bond acceptors (Lipinski definition) is 3. The number of rotatable bonds is 7. The van der Waals surface area contributed by atoms with Crippen molar-refractivity contribution in [2.45, 2.75) is 50.7 Å². The molecule has 2 N–H and O–H groups in total. The number of carboxylic acids is 1. The van der Waals surface area contributed by atoms with Crippen LogP contribution in [-0.2, 0) is 9.59 Å². The predicted octanol–water partition coefficient (Wildman–Crippen LogP) is 2.53. The molecule has 0 spiro atoms. The Balaban J connectivity index is 2.46. The number of nitrogens with one attached hydrogen (secondary N) is 1. The van der Waals surface area contributed by atoms with Crippen molar-refractivity contribution < 1.29 is 14.7 Å². The number of carbonyl (C=O) groups excluding carboxylic acids is 1. The molecule has 0 aromatic carbocycles. The maximum Gasteiger partial charge on any atom is 0.306 e. The monoisotopic (exact) mass is 287 g/mol. The van der Waals surface area contributed by atoms with E-state index in [-0.39, 0.29) is 22.5 Å². The number of carbonyl (C=O) groups is 2. The highest BCUT2D eigenvalue weighted by molar-refractivity contribution is 8.00. The van der Waals surface area contributed by atoms with Gasteiger partial charge in [-0.05, 0) is 38.4 Å². The van der Waals surface area contributed by atoms with Crippen LogP contribution in [0.1, 0.15) is 46.0 Å². The van der Waals surface area contributed by atoms with E-state index in [4.69, 9.17) is 5.11 Å². The van der Waals surface area contributed by atoms with Gasteiger partial charge >= 0.3 is 5.97 Å². The van der Waals surface area contributed by atoms with Gasteiger partial charge in [0.25, 0.3) is 0 Å². The third-order valence-electron chi connectivity index (χ3n) is 4.46. The fourth-order valence-electron chi connectivity index (χ4n) is 2.70. The van der Waals surface area contributed by atoms with E-state index in [1.54, 1.807) is 11.8 Å². The second kappa shape index (κ2) is 7.17. The van der Waals surface area contributed by atoms with Crippen LogP contribution >= 0.6 is 11.8 Å². The highest BCUT2D eigenvalue weighted by Gasteiger charge is 2.34. The maximum atomic E-state index is 12.1. The second-order valence-electron chi connectivity index (χ2n) is 5.36. The Bertz CT molecular complexity index is 320. The lowest BCUT2D eigenvalue weighted by molar-refractivity contribution is -0.141. The lowest BCUT2D eigenvalue weighted by Gasteiger charge is -2.30. The molecule has 0 radical (unpaired) electrons. The summed E-state index contributed by atoms with van der Waals surface area (Å²) in [6, 6.07) is 0. The predicted molar refractivity (Wildman–Crippen MR) is 78.3 cm³/mol. The lowest BCUT2D eigenvalue weighted by Crippen LogP contribution is -2.41. The standard InChI is InChI=1S/C14H25NO3S/c1-4-14(5-2,19-3)9-15-12(16)10-6-7-11(8-10)13(17)18/h10-11H,4-9H2,1-3H3,(H,15,16)(H,17,18). The van der Waals surface area contributed by atoms with Gasteiger partial charge in [-0.3, -0.25) is 9.59 Å². The van der Waals surface area contributed by atoms with E-state index < -0.39 is 5.97 Å². The zero-order valence-corrected chi connectivity index (χ0v) is 12.9. The minimum atomic E-state index is -0.768. The van der Waals surface area contributed by atoms with Crippen LogP contribution in [0.25, 0.3) is 0 Å². The first-order valence-corrected chi connectivity index (χ1v) is 8.26. The molecule has 1 aliphatic rings. The van der Waals surface area contributed by atoms with E-state index in [2.05, 4.69) is 25.4 Å². The molecule has 19 heavy (non-hydrogen) atoms. The number of carboxylic acid groups (broad SMARTS) is 1. The van der Waals surface area contributed by atoms with Gasteiger partial charge in [-0.25, -0.2) is 0 Å². The van der Waals surface area contributed by atoms with Gasteiger partial charge in [0.1, 0.15) is 0 Å². The van der Waals surface area contributed by atoms with Crippen LogP contribution in [-0.4, -0.2) is 34.5 Å². The molecule has 1 rings (SSSR count). The summed E-state index contributed by atoms with van der Waals surface area (Å²) in [5, 5.41) is 12.0. The third kappa shape index (κ3) is 4.13. The number of hydrogen-bond donors (Lipinski definition) is 2. The first kappa shape index (κ1) is 16.3. The van der Waals surface area contributed by atoms with Gasteiger partial charge in [0.05, 0.1) is 5.92 Å². The van der Waals surface area contributed by atoms with E-state index in [1.165, 1.54) is 0 Å². The van der Waals surface area contributed by atoms with E-state index in [9.17, 15) is 9.59 Å². The van der Waals surface area contributed by atoms with Crippen LogP contribution in [0, 0.1) is 11.8 Å². The molecule has 2 atom stereocenters. The van der Waals surface area contributed by atoms with Crippen molar-refractivity contribution in [1.82, 2.24) is 5.32 Å². The van der Waals surface area contributed by atoms with Crippen LogP contribution in [0.15, 0.2) is 0 Å². The van der Waals surface area contributed by atoms with Gasteiger partial charge in [0.15, 0.2) is 0 Å². The van der Waals surface area contributed by atoms with Gasteiger partial charge in [-0.15, -0.1) is 0 Å². The van der Waals surface area contributed by atoms with Crippen molar-refractivity contribution in [2.24, 2.45) is 11.8 Å². The summed E-state index contributed by atoms with van der Waals surface area (Å²) in [7, 11) is 0. The molecule has 5 heteroatoms. The third-order valence-corrected chi connectivity index (χ3v) is 6.05. The van der Waals surface area contributed by atoms with Gasteiger partial charge in [-0.1, -0.05) is 13.8 Å². The summed E-state index contributed by atoms with van der Waals surface area (Å²) in [6.45, 7) is 4.96. The van der Waals surface area contributed by atoms with Crippen molar-refractivity contribution in [1.29, 1.82) is 0 Å². The largest absolute Gasteiger partial charge is 0.481 e. The maximum absolute atomic E-state index is 12.1. The second-order valence-corrected chi connectivity index (χ2v) is 6.63. The summed E-state index contributed by atoms with van der Waals surface area (Å²) in [5.41, 5.74) is 0. The molecule has 0 aliphatic heterocycles. The van der Waals surface area contributed by atoms with Crippen molar-refractivity contribution in [3.8, 4) is 0 Å². The number of thioether (sulfide) groups is 1. The van der Waals surface area contributed by atoms with Gasteiger partial charge in [0.2, 0.25) is 5.91 Å². The number of aliphatic carboxylic acids is 1. The van der Waals surface area contributed by atoms with Crippen molar-refractivity contribution >= 4 is 23.6 Å². The molecular weight excluding hydrogens is 262 g/mol. The van der Waals surface area contributed by atoms with Crippen molar-refractivity contribution in [3.63, 3.8) is 0 Å². The molecule has 2 unspecified atom stereocenters. The van der Waals surface area contributed by atoms with Crippen LogP contribution < -0.4 is 5.32 Å². The van der Waals surface area contributed by atoms with E-state index in [0.29, 0.717) is 25.8 Å². The Morgan fingerprint density at radius 2 is 1.84 bits per heavy atom. The molecule has 0 aromatic rings. The summed E-state index contributed by atoms with van der Waals surface area (Å²) in [6.07, 6.45) is 5.94. The summed E-state index contributed by atoms with van der Waals surface area (Å²) < 4.78 is 0.112. The van der Waals surface area contributed by atoms with Crippen LogP contribution in [0.3, 0.4) is 0 Å². The summed E-state index contributed by atoms with van der Waals surface area (Å²) in [5.74, 6) is -1.19. The van der Waals surface area contributed by atoms with E-state index in [0.717, 1.165) is 12.8 Å². The normalized spacial score (nSPS) is 23.3. The highest BCUT2D eigenvalue weighted by atomic mass is 32.2. The molecule has 1 aliphatic carbocycles. The lowest BCUT2D eigenvalue weighted by atomic mass is 10.0. The van der Waals surface area contributed by atoms with Crippen molar-refractivity contribution in [3.05, 3.63) is 0 Å². The van der Waals surface area contributed by atoms with Gasteiger partial charge in [0, 0.05) is 17.2 Å². The van der Waals surface area contributed by atoms with Crippen LogP contribution in [0.2, 0.25) is 0 Å². The Kier molecular flexibility index (Phi) is 6.17. The van der Waals surface area contributed by atoms with E-state index >= 15 is 0 Å². The fourth-order valence-corrected chi connectivity index (χ4v) is 3.49. The quantitative estimate of drug-likeness (QED) is 0.755. The average Bonchev–Trinajstić information content (AvgIpc) is 2.90. The number of amides is 1. The van der Waals surface area contributed by atoms with Crippen LogP contribution in [0.4, 0.5) is 0 Å². The zero-order chi connectivity index (χ0) is 14.5. The summed E-state index contributed by atoms with van der Waals surface area (Å²) in [4.78, 5) is 23.0. The molecule has 1 saturated carbocycles. The smallest absolute Gasteiger partial charge is 0.306 e. The molecule has 0 bridgehead atoms. The fraction of sp³-hybridized carbons (Fsp3) is 0.857. The van der Waals surface area contributed by atoms with Crippen LogP contribution in [0.5, 0.6) is 0 Å². The Hall–Kier alpha value is -0.710. The molecular formula is C14H25NO3S. The summed E-state index contributed by atoms with van der Waals surface area (Å²) >= 11 is 1.80. The van der Waals surface area contributed by atoms with Gasteiger partial charge in [-0.2, -0.15) is 11.8 Å². The molecule has 0 heterocycles. The topological polar surface area (TPSA) is 66.4 Å². The molecule has 110 valence electrons. The average molecular weight is 287 g/mol. The van der Waals surface area contributed by atoms with Gasteiger partial charge < -0.3 is 10.4 Å². The SMILES string of the molecule is CCC(CC)(CNC(=O)C1CCC(C(=O)O)C1)SC. The minimum absolute atomic E-state index is 0.0316. The minimum Gasteiger partial charge on any atom is -0.481 e. The Morgan fingerprint density at radius 3 is 2.26 bits per heavy atom. The first-order valence-electron chi connectivity index (χ1n) is 7.03. The molecule has 1 fully saturated rings. The highest BCUT2D eigenvalue weighted by Crippen LogP contribution is 2.32. The molecule has 1 amide bonds. The molecule has 0 aromatic heterocycles. The first-order chi connectivity index (χ1) is 8.98. The Morgan fingerprint density at radius 1 is 1.26 bits per heavy atom.